The smallest absolute Gasteiger partial charge is 0.339 e. The zero-order chi connectivity index (χ0) is 46.3. The summed E-state index contributed by atoms with van der Waals surface area (Å²) in [6.45, 7) is 30.1. The summed E-state index contributed by atoms with van der Waals surface area (Å²) < 4.78 is 24.6. The van der Waals surface area contributed by atoms with Crippen molar-refractivity contribution in [3.8, 4) is 0 Å². The lowest BCUT2D eigenvalue weighted by Crippen LogP contribution is -2.60. The molecule has 0 amide bonds. The summed E-state index contributed by atoms with van der Waals surface area (Å²) in [6.07, 6.45) is -0.0904. The van der Waals surface area contributed by atoms with Gasteiger partial charge in [0.2, 0.25) is 0 Å². The van der Waals surface area contributed by atoms with E-state index in [1.807, 2.05) is 111 Å². The van der Waals surface area contributed by atoms with E-state index in [0.717, 1.165) is 0 Å². The van der Waals surface area contributed by atoms with Gasteiger partial charge in [-0.1, -0.05) is 0 Å². The molecule has 4 heterocycles. The van der Waals surface area contributed by atoms with Gasteiger partial charge in [0.1, 0.15) is 24.4 Å². The number of esters is 4. The van der Waals surface area contributed by atoms with Crippen molar-refractivity contribution in [3.05, 3.63) is 34.4 Å². The molecule has 0 aromatic heterocycles. The molecule has 0 unspecified atom stereocenters. The average Bonchev–Trinajstić information content (AvgIpc) is 3.05. The Morgan fingerprint density at radius 2 is 0.597 bits per heavy atom. The van der Waals surface area contributed by atoms with Crippen molar-refractivity contribution < 1.29 is 59.2 Å². The maximum atomic E-state index is 14.5. The first-order valence-electron chi connectivity index (χ1n) is 21.8. The van der Waals surface area contributed by atoms with Gasteiger partial charge in [-0.3, -0.25) is 0 Å². The molecule has 1 aromatic rings. The Bertz CT molecular complexity index is 1820. The van der Waals surface area contributed by atoms with Gasteiger partial charge >= 0.3 is 23.9 Å². The van der Waals surface area contributed by atoms with Crippen molar-refractivity contribution in [1.29, 1.82) is 0 Å². The predicted octanol–water partition coefficient (Wildman–Crippen LogP) is 7.03. The van der Waals surface area contributed by atoms with Crippen LogP contribution < -0.4 is 5.32 Å². The molecule has 16 nitrogen and oxygen atoms in total. The lowest BCUT2D eigenvalue weighted by molar-refractivity contribution is -0.257. The molecule has 0 spiro atoms. The van der Waals surface area contributed by atoms with Crippen LogP contribution in [0.3, 0.4) is 0 Å². The minimum atomic E-state index is -0.924. The van der Waals surface area contributed by atoms with Crippen LogP contribution in [0.2, 0.25) is 0 Å². The second-order valence-electron chi connectivity index (χ2n) is 23.4. The molecule has 0 saturated carbocycles. The van der Waals surface area contributed by atoms with Crippen LogP contribution in [0, 0.1) is 0 Å². The molecule has 352 valence electrons. The van der Waals surface area contributed by atoms with Crippen LogP contribution in [-0.4, -0.2) is 129 Å². The summed E-state index contributed by atoms with van der Waals surface area (Å²) >= 11 is 0. The van der Waals surface area contributed by atoms with Crippen molar-refractivity contribution in [1.82, 2.24) is 20.5 Å². The van der Waals surface area contributed by atoms with E-state index in [4.69, 9.17) is 18.9 Å². The number of hydroxylamine groups is 6. The second-order valence-corrected chi connectivity index (χ2v) is 23.4. The summed E-state index contributed by atoms with van der Waals surface area (Å²) in [7, 11) is 0. The number of carbonyl (C=O) groups excluding carboxylic acids is 4. The Balaban J connectivity index is 0.00000845. The SMILES string of the molecule is CC1(C)CC(OC(=O)c2cc(C(=O)OC3CC(C)(C)N(O)C(C)(C)C3)c(C(=O)OC3CC(C)(C)N(O)C(C)(C)C3)cc2C(=O)OC2CC(C)(C)N(O)C(C)(C)C2)CC(C)(C)N1.O. The fourth-order valence-electron chi connectivity index (χ4n) is 11.2. The fourth-order valence-corrected chi connectivity index (χ4v) is 11.2. The molecule has 1 aromatic carbocycles. The molecule has 4 saturated heterocycles. The summed E-state index contributed by atoms with van der Waals surface area (Å²) in [5.74, 6) is -3.63. The standard InChI is InChI=1S/C46H74N4O11.H2O/c1-39(2)19-27(20-40(3,4)47-39)58-35(51)31-17-33(37(53)60-29-23-43(9,10)49(56)44(11,12)24-29)34(38(54)61-30-25-45(13,14)50(57)46(15,16)26-30)18-32(31)36(52)59-28-21-41(5,6)48(55)42(7,8)22-28;/h17-18,27-30,47,55-57H,19-26H2,1-16H3;1H2. The third-order valence-electron chi connectivity index (χ3n) is 13.1. The van der Waals surface area contributed by atoms with E-state index in [-0.39, 0.29) is 77.3 Å². The van der Waals surface area contributed by atoms with Gasteiger partial charge in [0.25, 0.3) is 0 Å². The Hall–Kier alpha value is -3.22. The molecule has 0 atom stereocenters. The van der Waals surface area contributed by atoms with E-state index in [0.29, 0.717) is 12.8 Å². The highest BCUT2D eigenvalue weighted by Crippen LogP contribution is 2.42. The zero-order valence-corrected chi connectivity index (χ0v) is 40.1. The third-order valence-corrected chi connectivity index (χ3v) is 13.1. The number of rotatable bonds is 8. The van der Waals surface area contributed by atoms with Gasteiger partial charge in [0, 0.05) is 95.7 Å². The quantitative estimate of drug-likeness (QED) is 0.152. The van der Waals surface area contributed by atoms with E-state index < -0.39 is 81.5 Å². The highest BCUT2D eigenvalue weighted by Gasteiger charge is 2.50. The van der Waals surface area contributed by atoms with Crippen molar-refractivity contribution in [2.24, 2.45) is 0 Å². The highest BCUT2D eigenvalue weighted by atomic mass is 16.6. The number of nitrogens with one attached hydrogen (secondary N) is 1. The van der Waals surface area contributed by atoms with Gasteiger partial charge in [-0.25, -0.2) is 19.2 Å². The number of ether oxygens (including phenoxy) is 4. The number of carbonyl (C=O) groups is 4. The van der Waals surface area contributed by atoms with Gasteiger partial charge in [-0.05, 0) is 123 Å². The Morgan fingerprint density at radius 1 is 0.419 bits per heavy atom. The molecular formula is C46H76N4O12. The number of nitrogens with zero attached hydrogens (tertiary/aromatic N) is 3. The number of hydrogen-bond acceptors (Lipinski definition) is 15. The molecule has 0 aliphatic carbocycles. The van der Waals surface area contributed by atoms with Gasteiger partial charge in [-0.2, -0.15) is 15.2 Å². The topological polar surface area (TPSA) is 219 Å². The number of piperidine rings is 4. The lowest BCUT2D eigenvalue weighted by Gasteiger charge is -2.51. The highest BCUT2D eigenvalue weighted by molar-refractivity contribution is 6.10. The Kier molecular flexibility index (Phi) is 14.1. The first-order valence-corrected chi connectivity index (χ1v) is 21.8. The van der Waals surface area contributed by atoms with Crippen LogP contribution in [0.25, 0.3) is 0 Å². The molecule has 62 heavy (non-hydrogen) atoms. The number of benzene rings is 1. The normalized spacial score (nSPS) is 26.1. The fraction of sp³-hybridized carbons (Fsp3) is 0.783. The van der Waals surface area contributed by atoms with Crippen molar-refractivity contribution >= 4 is 23.9 Å². The van der Waals surface area contributed by atoms with Crippen LogP contribution in [-0.2, 0) is 18.9 Å². The Morgan fingerprint density at radius 3 is 0.790 bits per heavy atom. The summed E-state index contributed by atoms with van der Waals surface area (Å²) in [4.78, 5) is 58.1. The van der Waals surface area contributed by atoms with Gasteiger partial charge in [0.15, 0.2) is 0 Å². The van der Waals surface area contributed by atoms with Crippen LogP contribution >= 0.6 is 0 Å². The van der Waals surface area contributed by atoms with Gasteiger partial charge < -0.3 is 45.4 Å². The molecule has 0 bridgehead atoms. The summed E-state index contributed by atoms with van der Waals surface area (Å²) in [5, 5.41) is 40.2. The van der Waals surface area contributed by atoms with E-state index in [1.54, 1.807) is 0 Å². The molecule has 5 rings (SSSR count). The Labute approximate surface area is 368 Å². The van der Waals surface area contributed by atoms with E-state index in [1.165, 1.54) is 27.3 Å². The largest absolute Gasteiger partial charge is 0.459 e. The van der Waals surface area contributed by atoms with Crippen LogP contribution in [0.1, 0.15) is 204 Å². The zero-order valence-electron chi connectivity index (χ0n) is 40.1. The van der Waals surface area contributed by atoms with E-state index in [9.17, 15) is 34.8 Å². The van der Waals surface area contributed by atoms with Crippen molar-refractivity contribution in [2.45, 2.75) is 231 Å². The maximum absolute atomic E-state index is 14.5. The molecule has 0 radical (unpaired) electrons. The van der Waals surface area contributed by atoms with Crippen molar-refractivity contribution in [3.63, 3.8) is 0 Å². The van der Waals surface area contributed by atoms with Crippen LogP contribution in [0.15, 0.2) is 12.1 Å². The van der Waals surface area contributed by atoms with Gasteiger partial charge in [0.05, 0.1) is 22.3 Å². The summed E-state index contributed by atoms with van der Waals surface area (Å²) in [5.41, 5.74) is -6.58. The molecule has 4 aliphatic heterocycles. The minimum absolute atomic E-state index is 0. The minimum Gasteiger partial charge on any atom is -0.459 e. The third kappa shape index (κ3) is 11.0. The lowest BCUT2D eigenvalue weighted by atomic mass is 9.80. The van der Waals surface area contributed by atoms with Crippen LogP contribution in [0.5, 0.6) is 0 Å². The molecule has 4 fully saturated rings. The molecule has 4 aliphatic rings. The monoisotopic (exact) mass is 877 g/mol. The first kappa shape index (κ1) is 51.4. The van der Waals surface area contributed by atoms with Crippen molar-refractivity contribution in [2.75, 3.05) is 0 Å². The second kappa shape index (κ2) is 17.0. The summed E-state index contributed by atoms with van der Waals surface area (Å²) in [6, 6.07) is 2.36. The average molecular weight is 877 g/mol. The van der Waals surface area contributed by atoms with Gasteiger partial charge in [-0.15, -0.1) is 0 Å². The molecular weight excluding hydrogens is 801 g/mol. The maximum Gasteiger partial charge on any atom is 0.339 e. The number of hydrogen-bond donors (Lipinski definition) is 4. The molecule has 6 N–H and O–H groups in total. The van der Waals surface area contributed by atoms with E-state index >= 15 is 0 Å². The van der Waals surface area contributed by atoms with Crippen LogP contribution in [0.4, 0.5) is 0 Å². The molecule has 16 heteroatoms. The van der Waals surface area contributed by atoms with E-state index in [2.05, 4.69) is 5.32 Å². The predicted molar refractivity (Wildman–Crippen MR) is 230 cm³/mol. The first-order chi connectivity index (χ1) is 27.5.